The third-order valence-electron chi connectivity index (χ3n) is 2.26. The molecule has 2 heteroatoms. The van der Waals surface area contributed by atoms with Gasteiger partial charge < -0.3 is 5.73 Å². The van der Waals surface area contributed by atoms with Crippen LogP contribution in [0, 0.1) is 11.3 Å². The molecule has 0 aliphatic rings. The van der Waals surface area contributed by atoms with Crippen molar-refractivity contribution in [3.63, 3.8) is 0 Å². The van der Waals surface area contributed by atoms with Gasteiger partial charge in [-0.1, -0.05) is 13.0 Å². The molecule has 74 valence electrons. The van der Waals surface area contributed by atoms with Crippen LogP contribution < -0.4 is 5.73 Å². The minimum atomic E-state index is 0.147. The van der Waals surface area contributed by atoms with Crippen molar-refractivity contribution in [2.24, 2.45) is 5.73 Å². The second kappa shape index (κ2) is 4.78. The summed E-state index contributed by atoms with van der Waals surface area (Å²) in [5, 5.41) is 8.78. The Kier molecular flexibility index (Phi) is 3.67. The number of rotatable bonds is 3. The lowest BCUT2D eigenvalue weighted by Gasteiger charge is -2.10. The third kappa shape index (κ3) is 2.58. The lowest BCUT2D eigenvalue weighted by Crippen LogP contribution is -2.18. The van der Waals surface area contributed by atoms with Crippen LogP contribution in [0.4, 0.5) is 0 Å². The van der Waals surface area contributed by atoms with Gasteiger partial charge in [-0.25, -0.2) is 0 Å². The fourth-order valence-corrected chi connectivity index (χ4v) is 1.58. The number of hydrogen-bond acceptors (Lipinski definition) is 2. The van der Waals surface area contributed by atoms with Crippen LogP contribution in [0.3, 0.4) is 0 Å². The molecule has 0 heterocycles. The minimum Gasteiger partial charge on any atom is -0.328 e. The predicted octanol–water partition coefficient (Wildman–Crippen LogP) is 2.01. The summed E-state index contributed by atoms with van der Waals surface area (Å²) in [5.74, 6) is 0. The van der Waals surface area contributed by atoms with Gasteiger partial charge in [0.1, 0.15) is 0 Å². The monoisotopic (exact) mass is 188 g/mol. The maximum Gasteiger partial charge on any atom is 0.0991 e. The molecule has 0 amide bonds. The molecule has 0 unspecified atom stereocenters. The van der Waals surface area contributed by atoms with Crippen molar-refractivity contribution in [2.75, 3.05) is 0 Å². The summed E-state index contributed by atoms with van der Waals surface area (Å²) in [6, 6.07) is 8.13. The summed E-state index contributed by atoms with van der Waals surface area (Å²) >= 11 is 0. The van der Waals surface area contributed by atoms with E-state index in [1.54, 1.807) is 0 Å². The standard InChI is InChI=1S/C12H16N2/c1-3-11-5-4-10(8-13)7-12(11)6-9(2)14/h4-5,7,9H,3,6,14H2,1-2H3/t9-/m1/s1. The first-order valence-corrected chi connectivity index (χ1v) is 4.94. The highest BCUT2D eigenvalue weighted by Crippen LogP contribution is 2.14. The Balaban J connectivity index is 3.03. The zero-order valence-electron chi connectivity index (χ0n) is 8.75. The van der Waals surface area contributed by atoms with E-state index in [0.717, 1.165) is 18.4 Å². The van der Waals surface area contributed by atoms with E-state index in [4.69, 9.17) is 11.0 Å². The van der Waals surface area contributed by atoms with E-state index in [1.807, 2.05) is 25.1 Å². The summed E-state index contributed by atoms with van der Waals surface area (Å²) in [6.07, 6.45) is 1.84. The summed E-state index contributed by atoms with van der Waals surface area (Å²) in [5.41, 5.74) is 8.98. The lowest BCUT2D eigenvalue weighted by atomic mass is 9.97. The Labute approximate surface area is 85.4 Å². The van der Waals surface area contributed by atoms with Gasteiger partial charge in [-0.05, 0) is 43.0 Å². The van der Waals surface area contributed by atoms with Gasteiger partial charge in [0.2, 0.25) is 0 Å². The molecular formula is C12H16N2. The second-order valence-electron chi connectivity index (χ2n) is 3.63. The smallest absolute Gasteiger partial charge is 0.0991 e. The Bertz CT molecular complexity index is 348. The van der Waals surface area contributed by atoms with E-state index < -0.39 is 0 Å². The van der Waals surface area contributed by atoms with Crippen LogP contribution in [0.2, 0.25) is 0 Å². The van der Waals surface area contributed by atoms with Gasteiger partial charge in [-0.15, -0.1) is 0 Å². The molecule has 2 N–H and O–H groups in total. The SMILES string of the molecule is CCc1ccc(C#N)cc1C[C@@H](C)N. The van der Waals surface area contributed by atoms with E-state index in [0.29, 0.717) is 0 Å². The highest BCUT2D eigenvalue weighted by atomic mass is 14.6. The Morgan fingerprint density at radius 2 is 2.14 bits per heavy atom. The van der Waals surface area contributed by atoms with Gasteiger partial charge >= 0.3 is 0 Å². The van der Waals surface area contributed by atoms with Crippen LogP contribution in [0.5, 0.6) is 0 Å². The van der Waals surface area contributed by atoms with Crippen LogP contribution in [-0.2, 0) is 12.8 Å². The Morgan fingerprint density at radius 3 is 2.64 bits per heavy atom. The lowest BCUT2D eigenvalue weighted by molar-refractivity contribution is 0.731. The second-order valence-corrected chi connectivity index (χ2v) is 3.63. The van der Waals surface area contributed by atoms with Gasteiger partial charge in [-0.3, -0.25) is 0 Å². The maximum atomic E-state index is 8.78. The van der Waals surface area contributed by atoms with Crippen LogP contribution in [-0.4, -0.2) is 6.04 Å². The number of nitrogens with zero attached hydrogens (tertiary/aromatic N) is 1. The molecule has 1 aromatic carbocycles. The highest BCUT2D eigenvalue weighted by molar-refractivity contribution is 5.38. The number of hydrogen-bond donors (Lipinski definition) is 1. The number of nitrogens with two attached hydrogens (primary N) is 1. The summed E-state index contributed by atoms with van der Waals surface area (Å²) in [6.45, 7) is 4.10. The number of nitriles is 1. The van der Waals surface area contributed by atoms with Crippen molar-refractivity contribution in [1.82, 2.24) is 0 Å². The molecule has 0 spiro atoms. The van der Waals surface area contributed by atoms with E-state index in [-0.39, 0.29) is 6.04 Å². The van der Waals surface area contributed by atoms with Crippen molar-refractivity contribution in [3.8, 4) is 6.07 Å². The molecule has 0 aliphatic carbocycles. The Morgan fingerprint density at radius 1 is 1.43 bits per heavy atom. The molecule has 0 radical (unpaired) electrons. The van der Waals surface area contributed by atoms with Crippen molar-refractivity contribution >= 4 is 0 Å². The topological polar surface area (TPSA) is 49.8 Å². The fourth-order valence-electron chi connectivity index (χ4n) is 1.58. The van der Waals surface area contributed by atoms with Crippen LogP contribution >= 0.6 is 0 Å². The van der Waals surface area contributed by atoms with E-state index in [2.05, 4.69) is 13.0 Å². The molecular weight excluding hydrogens is 172 g/mol. The molecule has 1 atom stereocenters. The van der Waals surface area contributed by atoms with Gasteiger partial charge in [0, 0.05) is 6.04 Å². The number of benzene rings is 1. The first-order valence-electron chi connectivity index (χ1n) is 4.94. The van der Waals surface area contributed by atoms with Gasteiger partial charge in [-0.2, -0.15) is 5.26 Å². The molecule has 0 saturated carbocycles. The molecule has 0 aromatic heterocycles. The highest BCUT2D eigenvalue weighted by Gasteiger charge is 2.04. The zero-order valence-corrected chi connectivity index (χ0v) is 8.75. The summed E-state index contributed by atoms with van der Waals surface area (Å²) in [7, 11) is 0. The van der Waals surface area contributed by atoms with Crippen molar-refractivity contribution < 1.29 is 0 Å². The van der Waals surface area contributed by atoms with E-state index in [9.17, 15) is 0 Å². The molecule has 0 saturated heterocycles. The molecule has 14 heavy (non-hydrogen) atoms. The van der Waals surface area contributed by atoms with Crippen molar-refractivity contribution in [1.29, 1.82) is 5.26 Å². The fraction of sp³-hybridized carbons (Fsp3) is 0.417. The summed E-state index contributed by atoms with van der Waals surface area (Å²) < 4.78 is 0. The predicted molar refractivity (Wildman–Crippen MR) is 57.9 cm³/mol. The average Bonchev–Trinajstić information content (AvgIpc) is 2.16. The van der Waals surface area contributed by atoms with Crippen LogP contribution in [0.1, 0.15) is 30.5 Å². The van der Waals surface area contributed by atoms with Crippen molar-refractivity contribution in [3.05, 3.63) is 34.9 Å². The van der Waals surface area contributed by atoms with E-state index in [1.165, 1.54) is 11.1 Å². The van der Waals surface area contributed by atoms with Gasteiger partial charge in [0.25, 0.3) is 0 Å². The molecule has 0 fully saturated rings. The zero-order chi connectivity index (χ0) is 10.6. The van der Waals surface area contributed by atoms with Gasteiger partial charge in [0.15, 0.2) is 0 Å². The van der Waals surface area contributed by atoms with Gasteiger partial charge in [0.05, 0.1) is 11.6 Å². The molecule has 0 aliphatic heterocycles. The molecule has 2 nitrogen and oxygen atoms in total. The third-order valence-corrected chi connectivity index (χ3v) is 2.26. The molecule has 1 aromatic rings. The van der Waals surface area contributed by atoms with Crippen LogP contribution in [0.15, 0.2) is 18.2 Å². The average molecular weight is 188 g/mol. The Hall–Kier alpha value is -1.33. The van der Waals surface area contributed by atoms with E-state index >= 15 is 0 Å². The maximum absolute atomic E-state index is 8.78. The molecule has 0 bridgehead atoms. The summed E-state index contributed by atoms with van der Waals surface area (Å²) in [4.78, 5) is 0. The molecule has 1 rings (SSSR count). The largest absolute Gasteiger partial charge is 0.328 e. The first-order chi connectivity index (χ1) is 6.67. The first kappa shape index (κ1) is 10.7. The normalized spacial score (nSPS) is 12.1. The number of aryl methyl sites for hydroxylation is 1. The quantitative estimate of drug-likeness (QED) is 0.788. The van der Waals surface area contributed by atoms with Crippen LogP contribution in [0.25, 0.3) is 0 Å². The van der Waals surface area contributed by atoms with Crippen molar-refractivity contribution in [2.45, 2.75) is 32.7 Å². The minimum absolute atomic E-state index is 0.147.